The lowest BCUT2D eigenvalue weighted by Crippen LogP contribution is -2.56. The van der Waals surface area contributed by atoms with Crippen molar-refractivity contribution >= 4 is 6.03 Å². The van der Waals surface area contributed by atoms with Crippen LogP contribution in [0.4, 0.5) is 4.79 Å². The van der Waals surface area contributed by atoms with E-state index in [1.165, 1.54) is 0 Å². The first-order valence-electron chi connectivity index (χ1n) is 4.83. The Hall–Kier alpha value is -0.730. The highest BCUT2D eigenvalue weighted by Crippen LogP contribution is 2.32. The molecule has 0 aromatic carbocycles. The van der Waals surface area contributed by atoms with E-state index in [0.29, 0.717) is 5.92 Å². The summed E-state index contributed by atoms with van der Waals surface area (Å²) in [6.07, 6.45) is 0. The third kappa shape index (κ3) is 1.79. The second-order valence-corrected chi connectivity index (χ2v) is 4.80. The number of carbonyl (C=O) groups excluding carboxylic acids is 1. The zero-order chi connectivity index (χ0) is 10.2. The predicted octanol–water partition coefficient (Wildman–Crippen LogP) is 1.65. The molecule has 1 heterocycles. The van der Waals surface area contributed by atoms with Gasteiger partial charge in [-0.15, -0.1) is 0 Å². The molecule has 2 amide bonds. The van der Waals surface area contributed by atoms with Gasteiger partial charge in [0, 0.05) is 32.6 Å². The smallest absolute Gasteiger partial charge is 0.319 e. The van der Waals surface area contributed by atoms with Gasteiger partial charge in [0.05, 0.1) is 0 Å². The molecular weight excluding hydrogens is 164 g/mol. The van der Waals surface area contributed by atoms with E-state index in [9.17, 15) is 4.79 Å². The van der Waals surface area contributed by atoms with E-state index in [2.05, 4.69) is 20.8 Å². The summed E-state index contributed by atoms with van der Waals surface area (Å²) in [7, 11) is 3.75. The van der Waals surface area contributed by atoms with Crippen molar-refractivity contribution in [2.45, 2.75) is 20.8 Å². The van der Waals surface area contributed by atoms with Crippen molar-refractivity contribution in [3.8, 4) is 0 Å². The van der Waals surface area contributed by atoms with Gasteiger partial charge in [0.1, 0.15) is 0 Å². The van der Waals surface area contributed by atoms with Gasteiger partial charge >= 0.3 is 6.03 Å². The van der Waals surface area contributed by atoms with Crippen molar-refractivity contribution in [3.05, 3.63) is 0 Å². The molecule has 0 spiro atoms. The average Bonchev–Trinajstić information content (AvgIpc) is 2.00. The maximum atomic E-state index is 11.5. The summed E-state index contributed by atoms with van der Waals surface area (Å²) in [5.41, 5.74) is 0.234. The molecule has 0 atom stereocenters. The molecule has 3 nitrogen and oxygen atoms in total. The zero-order valence-corrected chi connectivity index (χ0v) is 9.29. The summed E-state index contributed by atoms with van der Waals surface area (Å²) in [6, 6.07) is 0.137. The molecule has 0 radical (unpaired) electrons. The van der Waals surface area contributed by atoms with Gasteiger partial charge in [-0.25, -0.2) is 4.79 Å². The van der Waals surface area contributed by atoms with E-state index in [1.807, 2.05) is 23.9 Å². The molecule has 76 valence electrons. The predicted molar refractivity (Wildman–Crippen MR) is 53.6 cm³/mol. The molecule has 0 saturated carbocycles. The van der Waals surface area contributed by atoms with Crippen molar-refractivity contribution in [1.29, 1.82) is 0 Å². The maximum absolute atomic E-state index is 11.5. The average molecular weight is 184 g/mol. The number of rotatable bonds is 1. The number of carbonyl (C=O) groups is 1. The van der Waals surface area contributed by atoms with Gasteiger partial charge in [0.2, 0.25) is 0 Å². The number of nitrogens with zero attached hydrogens (tertiary/aromatic N) is 2. The molecule has 0 N–H and O–H groups in total. The first kappa shape index (κ1) is 10.4. The molecule has 1 fully saturated rings. The van der Waals surface area contributed by atoms with Gasteiger partial charge in [-0.05, 0) is 5.92 Å². The zero-order valence-electron chi connectivity index (χ0n) is 9.29. The summed E-state index contributed by atoms with van der Waals surface area (Å²) in [5, 5.41) is 0. The Morgan fingerprint density at radius 2 is 1.62 bits per heavy atom. The van der Waals surface area contributed by atoms with Crippen LogP contribution in [-0.4, -0.2) is 43.0 Å². The lowest BCUT2D eigenvalue weighted by molar-refractivity contribution is 0.0553. The summed E-state index contributed by atoms with van der Waals surface area (Å²) in [6.45, 7) is 8.42. The Balaban J connectivity index is 2.79. The van der Waals surface area contributed by atoms with Gasteiger partial charge in [-0.2, -0.15) is 0 Å². The van der Waals surface area contributed by atoms with Crippen LogP contribution in [-0.2, 0) is 0 Å². The number of urea groups is 1. The highest BCUT2D eigenvalue weighted by molar-refractivity contribution is 5.74. The monoisotopic (exact) mass is 184 g/mol. The van der Waals surface area contributed by atoms with Gasteiger partial charge in [-0.1, -0.05) is 20.8 Å². The van der Waals surface area contributed by atoms with Crippen LogP contribution in [0.2, 0.25) is 0 Å². The maximum Gasteiger partial charge on any atom is 0.319 e. The van der Waals surface area contributed by atoms with E-state index in [-0.39, 0.29) is 11.4 Å². The Morgan fingerprint density at radius 1 is 1.23 bits per heavy atom. The SMILES string of the molecule is CC(C)C1(C)CN(C)C(=O)N(C)C1. The second-order valence-electron chi connectivity index (χ2n) is 4.80. The molecule has 3 heteroatoms. The lowest BCUT2D eigenvalue weighted by atomic mass is 9.77. The second kappa shape index (κ2) is 3.20. The first-order chi connectivity index (χ1) is 5.87. The van der Waals surface area contributed by atoms with Crippen LogP contribution in [0.25, 0.3) is 0 Å². The topological polar surface area (TPSA) is 23.6 Å². The normalized spacial score (nSPS) is 22.8. The Kier molecular flexibility index (Phi) is 2.55. The minimum atomic E-state index is 0.137. The van der Waals surface area contributed by atoms with Crippen molar-refractivity contribution in [3.63, 3.8) is 0 Å². The molecule has 1 saturated heterocycles. The van der Waals surface area contributed by atoms with Crippen LogP contribution in [0.3, 0.4) is 0 Å². The van der Waals surface area contributed by atoms with E-state index < -0.39 is 0 Å². The molecule has 0 aliphatic carbocycles. The molecule has 0 aromatic rings. The minimum absolute atomic E-state index is 0.137. The van der Waals surface area contributed by atoms with E-state index in [1.54, 1.807) is 0 Å². The van der Waals surface area contributed by atoms with Crippen molar-refractivity contribution < 1.29 is 4.79 Å². The quantitative estimate of drug-likeness (QED) is 0.608. The van der Waals surface area contributed by atoms with Crippen molar-refractivity contribution in [2.24, 2.45) is 11.3 Å². The molecule has 1 aliphatic heterocycles. The largest absolute Gasteiger partial charge is 0.327 e. The van der Waals surface area contributed by atoms with Crippen LogP contribution < -0.4 is 0 Å². The molecule has 1 rings (SSSR count). The third-order valence-corrected chi connectivity index (χ3v) is 3.24. The molecule has 0 bridgehead atoms. The summed E-state index contributed by atoms with van der Waals surface area (Å²) in [5.74, 6) is 0.602. The van der Waals surface area contributed by atoms with Crippen LogP contribution in [0.15, 0.2) is 0 Å². The van der Waals surface area contributed by atoms with Gasteiger partial charge in [0.25, 0.3) is 0 Å². The molecule has 0 aromatic heterocycles. The van der Waals surface area contributed by atoms with Gasteiger partial charge < -0.3 is 9.80 Å². The first-order valence-corrected chi connectivity index (χ1v) is 4.83. The van der Waals surface area contributed by atoms with E-state index in [4.69, 9.17) is 0 Å². The molecule has 1 aliphatic rings. The number of hydrogen-bond donors (Lipinski definition) is 0. The lowest BCUT2D eigenvalue weighted by Gasteiger charge is -2.45. The van der Waals surface area contributed by atoms with Crippen molar-refractivity contribution in [1.82, 2.24) is 9.80 Å². The summed E-state index contributed by atoms with van der Waals surface area (Å²) < 4.78 is 0. The molecular formula is C10H20N2O. The molecule has 13 heavy (non-hydrogen) atoms. The number of amides is 2. The van der Waals surface area contributed by atoms with Crippen LogP contribution >= 0.6 is 0 Å². The third-order valence-electron chi connectivity index (χ3n) is 3.24. The van der Waals surface area contributed by atoms with Gasteiger partial charge in [-0.3, -0.25) is 0 Å². The fourth-order valence-corrected chi connectivity index (χ4v) is 1.93. The fourth-order valence-electron chi connectivity index (χ4n) is 1.93. The Labute approximate surface area is 80.7 Å². The van der Waals surface area contributed by atoms with E-state index in [0.717, 1.165) is 13.1 Å². The fraction of sp³-hybridized carbons (Fsp3) is 0.900. The van der Waals surface area contributed by atoms with Crippen LogP contribution in [0, 0.1) is 11.3 Å². The highest BCUT2D eigenvalue weighted by Gasteiger charge is 2.38. The van der Waals surface area contributed by atoms with Crippen LogP contribution in [0.1, 0.15) is 20.8 Å². The highest BCUT2D eigenvalue weighted by atomic mass is 16.2. The molecule has 0 unspecified atom stereocenters. The Bertz CT molecular complexity index is 199. The van der Waals surface area contributed by atoms with Gasteiger partial charge in [0.15, 0.2) is 0 Å². The van der Waals surface area contributed by atoms with Crippen LogP contribution in [0.5, 0.6) is 0 Å². The standard InChI is InChI=1S/C10H20N2O/c1-8(2)10(3)6-11(4)9(13)12(5)7-10/h8H,6-7H2,1-5H3. The van der Waals surface area contributed by atoms with Crippen molar-refractivity contribution in [2.75, 3.05) is 27.2 Å². The Morgan fingerprint density at radius 3 is 1.92 bits per heavy atom. The minimum Gasteiger partial charge on any atom is -0.327 e. The number of hydrogen-bond acceptors (Lipinski definition) is 1. The summed E-state index contributed by atoms with van der Waals surface area (Å²) >= 11 is 0. The van der Waals surface area contributed by atoms with E-state index >= 15 is 0 Å². The summed E-state index contributed by atoms with van der Waals surface area (Å²) in [4.78, 5) is 15.1.